The van der Waals surface area contributed by atoms with E-state index in [1.165, 1.54) is 12.3 Å². The molecule has 2 aromatic rings. The number of hydrogen-bond acceptors (Lipinski definition) is 5. The first-order valence-corrected chi connectivity index (χ1v) is 6.27. The molecule has 0 aliphatic carbocycles. The van der Waals surface area contributed by atoms with Crippen LogP contribution in [0.5, 0.6) is 11.5 Å². The van der Waals surface area contributed by atoms with E-state index in [-0.39, 0.29) is 5.56 Å². The van der Waals surface area contributed by atoms with E-state index in [0.29, 0.717) is 23.7 Å². The average Bonchev–Trinajstić information content (AvgIpc) is 2.52. The van der Waals surface area contributed by atoms with Crippen molar-refractivity contribution in [3.63, 3.8) is 0 Å². The van der Waals surface area contributed by atoms with E-state index in [1.807, 2.05) is 18.2 Å². The highest BCUT2D eigenvalue weighted by Gasteiger charge is 2.06. The molecule has 0 bridgehead atoms. The number of aromatic carboxylic acids is 1. The minimum Gasteiger partial charge on any atom is -0.493 e. The normalized spacial score (nSPS) is 10.0. The summed E-state index contributed by atoms with van der Waals surface area (Å²) in [6.45, 7) is 0.519. The lowest BCUT2D eigenvalue weighted by Gasteiger charge is -2.11. The molecule has 0 radical (unpaired) electrons. The van der Waals surface area contributed by atoms with E-state index in [2.05, 4.69) is 10.3 Å². The Balaban J connectivity index is 2.09. The second kappa shape index (κ2) is 6.60. The number of benzene rings is 1. The Labute approximate surface area is 122 Å². The van der Waals surface area contributed by atoms with Crippen LogP contribution in [0.25, 0.3) is 0 Å². The Kier molecular flexibility index (Phi) is 4.61. The van der Waals surface area contributed by atoms with E-state index in [1.54, 1.807) is 20.4 Å². The third kappa shape index (κ3) is 3.62. The van der Waals surface area contributed by atoms with Gasteiger partial charge in [0.1, 0.15) is 0 Å². The quantitative estimate of drug-likeness (QED) is 0.849. The fourth-order valence-corrected chi connectivity index (χ4v) is 1.85. The lowest BCUT2D eigenvalue weighted by Crippen LogP contribution is -2.03. The lowest BCUT2D eigenvalue weighted by molar-refractivity contribution is 0.0696. The summed E-state index contributed by atoms with van der Waals surface area (Å²) in [4.78, 5) is 14.8. The van der Waals surface area contributed by atoms with E-state index in [0.717, 1.165) is 5.56 Å². The van der Waals surface area contributed by atoms with Gasteiger partial charge in [-0.3, -0.25) is 4.98 Å². The molecule has 0 saturated heterocycles. The number of rotatable bonds is 6. The highest BCUT2D eigenvalue weighted by molar-refractivity contribution is 5.88. The van der Waals surface area contributed by atoms with Crippen LogP contribution in [0, 0.1) is 0 Å². The zero-order chi connectivity index (χ0) is 15.2. The van der Waals surface area contributed by atoms with Crippen molar-refractivity contribution in [1.82, 2.24) is 4.98 Å². The van der Waals surface area contributed by atoms with E-state index in [9.17, 15) is 4.79 Å². The summed E-state index contributed by atoms with van der Waals surface area (Å²) in [6.07, 6.45) is 2.89. The molecular formula is C15H16N2O4. The molecule has 0 atom stereocenters. The van der Waals surface area contributed by atoms with Gasteiger partial charge in [0.05, 0.1) is 25.5 Å². The Morgan fingerprint density at radius 3 is 2.62 bits per heavy atom. The van der Waals surface area contributed by atoms with Gasteiger partial charge in [-0.2, -0.15) is 0 Å². The average molecular weight is 288 g/mol. The molecule has 1 aromatic carbocycles. The number of aromatic nitrogens is 1. The number of nitrogens with zero attached hydrogens (tertiary/aromatic N) is 1. The van der Waals surface area contributed by atoms with Crippen molar-refractivity contribution < 1.29 is 19.4 Å². The molecule has 0 fully saturated rings. The summed E-state index contributed by atoms with van der Waals surface area (Å²) in [5.41, 5.74) is 1.77. The summed E-state index contributed by atoms with van der Waals surface area (Å²) in [5, 5.41) is 12.0. The van der Waals surface area contributed by atoms with E-state index < -0.39 is 5.97 Å². The van der Waals surface area contributed by atoms with Gasteiger partial charge in [0.15, 0.2) is 11.5 Å². The number of ether oxygens (including phenoxy) is 2. The summed E-state index contributed by atoms with van der Waals surface area (Å²) in [5.74, 6) is 0.308. The second-order valence-corrected chi connectivity index (χ2v) is 4.31. The van der Waals surface area contributed by atoms with Crippen LogP contribution in [0.2, 0.25) is 0 Å². The molecule has 0 aliphatic heterocycles. The van der Waals surface area contributed by atoms with Crippen LogP contribution in [0.15, 0.2) is 36.7 Å². The van der Waals surface area contributed by atoms with Crippen molar-refractivity contribution >= 4 is 11.7 Å². The van der Waals surface area contributed by atoms with Gasteiger partial charge in [0.25, 0.3) is 0 Å². The molecule has 0 saturated carbocycles. The minimum atomic E-state index is -1.00. The fraction of sp³-hybridized carbons (Fsp3) is 0.200. The van der Waals surface area contributed by atoms with Gasteiger partial charge in [0.2, 0.25) is 0 Å². The van der Waals surface area contributed by atoms with Crippen molar-refractivity contribution in [3.05, 3.63) is 47.8 Å². The first kappa shape index (κ1) is 14.6. The topological polar surface area (TPSA) is 80.7 Å². The monoisotopic (exact) mass is 288 g/mol. The fourth-order valence-electron chi connectivity index (χ4n) is 1.85. The highest BCUT2D eigenvalue weighted by atomic mass is 16.5. The first-order chi connectivity index (χ1) is 10.1. The van der Waals surface area contributed by atoms with Crippen molar-refractivity contribution in [2.45, 2.75) is 6.54 Å². The van der Waals surface area contributed by atoms with Gasteiger partial charge in [-0.1, -0.05) is 6.07 Å². The highest BCUT2D eigenvalue weighted by Crippen LogP contribution is 2.27. The molecule has 0 amide bonds. The van der Waals surface area contributed by atoms with Crippen LogP contribution in [0.3, 0.4) is 0 Å². The molecule has 2 rings (SSSR count). The Bertz CT molecular complexity index is 643. The van der Waals surface area contributed by atoms with Crippen LogP contribution in [0.1, 0.15) is 15.9 Å². The summed E-state index contributed by atoms with van der Waals surface area (Å²) in [7, 11) is 3.16. The predicted molar refractivity (Wildman–Crippen MR) is 78.1 cm³/mol. The summed E-state index contributed by atoms with van der Waals surface area (Å²) in [6, 6.07) is 7.13. The molecule has 21 heavy (non-hydrogen) atoms. The first-order valence-electron chi connectivity index (χ1n) is 6.27. The second-order valence-electron chi connectivity index (χ2n) is 4.31. The van der Waals surface area contributed by atoms with Crippen LogP contribution in [-0.2, 0) is 6.54 Å². The Morgan fingerprint density at radius 1 is 1.19 bits per heavy atom. The molecule has 1 aromatic heterocycles. The maximum atomic E-state index is 10.9. The van der Waals surface area contributed by atoms with Crippen LogP contribution < -0.4 is 14.8 Å². The maximum absolute atomic E-state index is 10.9. The molecule has 2 N–H and O–H groups in total. The number of carboxylic acid groups (broad SMARTS) is 1. The summed E-state index contributed by atoms with van der Waals surface area (Å²) < 4.78 is 10.4. The zero-order valence-corrected chi connectivity index (χ0v) is 11.8. The molecule has 6 nitrogen and oxygen atoms in total. The summed E-state index contributed by atoms with van der Waals surface area (Å²) >= 11 is 0. The molecule has 0 unspecified atom stereocenters. The van der Waals surface area contributed by atoms with E-state index in [4.69, 9.17) is 14.6 Å². The van der Waals surface area contributed by atoms with Gasteiger partial charge in [-0.25, -0.2) is 4.79 Å². The molecule has 6 heteroatoms. The zero-order valence-electron chi connectivity index (χ0n) is 11.8. The SMILES string of the molecule is COc1ccc(CNc2cncc(C(=O)O)c2)cc1OC. The lowest BCUT2D eigenvalue weighted by atomic mass is 10.2. The predicted octanol–water partition coefficient (Wildman–Crippen LogP) is 2.41. The number of carboxylic acids is 1. The van der Waals surface area contributed by atoms with Gasteiger partial charge >= 0.3 is 5.97 Å². The third-order valence-corrected chi connectivity index (χ3v) is 2.93. The number of hydrogen-bond donors (Lipinski definition) is 2. The van der Waals surface area contributed by atoms with E-state index >= 15 is 0 Å². The number of nitrogens with one attached hydrogen (secondary N) is 1. The van der Waals surface area contributed by atoms with Crippen molar-refractivity contribution in [2.24, 2.45) is 0 Å². The van der Waals surface area contributed by atoms with Gasteiger partial charge < -0.3 is 19.9 Å². The largest absolute Gasteiger partial charge is 0.493 e. The smallest absolute Gasteiger partial charge is 0.337 e. The van der Waals surface area contributed by atoms with Gasteiger partial charge in [0, 0.05) is 18.9 Å². The van der Waals surface area contributed by atoms with Crippen LogP contribution in [0.4, 0.5) is 5.69 Å². The third-order valence-electron chi connectivity index (χ3n) is 2.93. The Morgan fingerprint density at radius 2 is 1.95 bits per heavy atom. The maximum Gasteiger partial charge on any atom is 0.337 e. The van der Waals surface area contributed by atoms with Crippen LogP contribution in [-0.4, -0.2) is 30.3 Å². The number of pyridine rings is 1. The van der Waals surface area contributed by atoms with Gasteiger partial charge in [-0.05, 0) is 23.8 Å². The molecule has 110 valence electrons. The Hall–Kier alpha value is -2.76. The number of carbonyl (C=O) groups is 1. The number of methoxy groups -OCH3 is 2. The molecular weight excluding hydrogens is 272 g/mol. The molecule has 1 heterocycles. The molecule has 0 spiro atoms. The number of anilines is 1. The molecule has 0 aliphatic rings. The standard InChI is InChI=1S/C15H16N2O4/c1-20-13-4-3-10(5-14(13)21-2)7-17-12-6-11(15(18)19)8-16-9-12/h3-6,8-9,17H,7H2,1-2H3,(H,18,19). The van der Waals surface area contributed by atoms with Crippen molar-refractivity contribution in [3.8, 4) is 11.5 Å². The minimum absolute atomic E-state index is 0.146. The van der Waals surface area contributed by atoms with Gasteiger partial charge in [-0.15, -0.1) is 0 Å². The van der Waals surface area contributed by atoms with Crippen molar-refractivity contribution in [2.75, 3.05) is 19.5 Å². The van der Waals surface area contributed by atoms with Crippen LogP contribution >= 0.6 is 0 Å². The van der Waals surface area contributed by atoms with Crippen molar-refractivity contribution in [1.29, 1.82) is 0 Å².